The summed E-state index contributed by atoms with van der Waals surface area (Å²) in [5, 5.41) is 4.50. The lowest BCUT2D eigenvalue weighted by Crippen LogP contribution is -2.47. The van der Waals surface area contributed by atoms with Gasteiger partial charge in [-0.25, -0.2) is 0 Å². The van der Waals surface area contributed by atoms with Gasteiger partial charge >= 0.3 is 0 Å². The largest absolute Gasteiger partial charge is 0.355 e. The van der Waals surface area contributed by atoms with E-state index in [1.807, 2.05) is 53.4 Å². The first-order chi connectivity index (χ1) is 12.7. The first-order valence-electron chi connectivity index (χ1n) is 8.89. The number of piperazine rings is 1. The summed E-state index contributed by atoms with van der Waals surface area (Å²) in [7, 11) is 2.09. The van der Waals surface area contributed by atoms with E-state index in [1.54, 1.807) is 6.20 Å². The van der Waals surface area contributed by atoms with Gasteiger partial charge in [-0.3, -0.25) is 9.78 Å². The molecule has 132 valence electrons. The van der Waals surface area contributed by atoms with Crippen molar-refractivity contribution in [2.24, 2.45) is 0 Å². The molecule has 5 heteroatoms. The van der Waals surface area contributed by atoms with Crippen LogP contribution in [0, 0.1) is 0 Å². The first-order valence-corrected chi connectivity index (χ1v) is 8.89. The highest BCUT2D eigenvalue weighted by molar-refractivity contribution is 5.95. The zero-order chi connectivity index (χ0) is 17.9. The van der Waals surface area contributed by atoms with Gasteiger partial charge in [0.15, 0.2) is 0 Å². The van der Waals surface area contributed by atoms with Gasteiger partial charge in [-0.2, -0.15) is 0 Å². The van der Waals surface area contributed by atoms with Gasteiger partial charge in [-0.05, 0) is 43.4 Å². The summed E-state index contributed by atoms with van der Waals surface area (Å²) in [6, 6.07) is 17.7. The number of amides is 1. The Morgan fingerprint density at radius 2 is 1.69 bits per heavy atom. The number of benzene rings is 2. The fourth-order valence-electron chi connectivity index (χ4n) is 3.25. The summed E-state index contributed by atoms with van der Waals surface area (Å²) < 4.78 is 0. The number of aromatic nitrogens is 1. The number of rotatable bonds is 3. The highest BCUT2D eigenvalue weighted by Crippen LogP contribution is 2.25. The Balaban J connectivity index is 1.50. The van der Waals surface area contributed by atoms with Gasteiger partial charge in [0.25, 0.3) is 5.91 Å². The second kappa shape index (κ2) is 7.14. The maximum Gasteiger partial charge on any atom is 0.253 e. The van der Waals surface area contributed by atoms with Crippen molar-refractivity contribution < 1.29 is 4.79 Å². The summed E-state index contributed by atoms with van der Waals surface area (Å²) in [6.45, 7) is 3.44. The number of hydrogen-bond donors (Lipinski definition) is 1. The van der Waals surface area contributed by atoms with Gasteiger partial charge in [0.05, 0.1) is 5.52 Å². The minimum absolute atomic E-state index is 0.110. The Morgan fingerprint density at radius 1 is 0.962 bits per heavy atom. The van der Waals surface area contributed by atoms with Gasteiger partial charge in [0, 0.05) is 54.7 Å². The van der Waals surface area contributed by atoms with Gasteiger partial charge in [-0.15, -0.1) is 0 Å². The van der Waals surface area contributed by atoms with Gasteiger partial charge in [-0.1, -0.05) is 18.2 Å². The van der Waals surface area contributed by atoms with Crippen LogP contribution < -0.4 is 5.32 Å². The predicted octanol–water partition coefficient (Wildman–Crippen LogP) is 3.37. The second-order valence-corrected chi connectivity index (χ2v) is 6.67. The van der Waals surface area contributed by atoms with Crippen LogP contribution in [0.2, 0.25) is 0 Å². The highest BCUT2D eigenvalue weighted by Gasteiger charge is 2.20. The Morgan fingerprint density at radius 3 is 2.46 bits per heavy atom. The smallest absolute Gasteiger partial charge is 0.253 e. The molecule has 1 saturated heterocycles. The molecule has 1 N–H and O–H groups in total. The van der Waals surface area contributed by atoms with E-state index in [-0.39, 0.29) is 5.91 Å². The molecule has 0 radical (unpaired) electrons. The van der Waals surface area contributed by atoms with Crippen LogP contribution in [0.1, 0.15) is 10.4 Å². The normalized spacial score (nSPS) is 15.2. The lowest BCUT2D eigenvalue weighted by molar-refractivity contribution is 0.0664. The van der Waals surface area contributed by atoms with E-state index >= 15 is 0 Å². The molecule has 1 aromatic heterocycles. The summed E-state index contributed by atoms with van der Waals surface area (Å²) in [4.78, 5) is 21.2. The Hall–Kier alpha value is -2.92. The van der Waals surface area contributed by atoms with Gasteiger partial charge in [0.2, 0.25) is 0 Å². The average molecular weight is 346 g/mol. The third kappa shape index (κ3) is 3.39. The zero-order valence-electron chi connectivity index (χ0n) is 14.9. The summed E-state index contributed by atoms with van der Waals surface area (Å²) in [5.41, 5.74) is 3.66. The summed E-state index contributed by atoms with van der Waals surface area (Å²) >= 11 is 0. The molecule has 1 amide bonds. The molecule has 0 bridgehead atoms. The van der Waals surface area contributed by atoms with E-state index in [0.29, 0.717) is 0 Å². The van der Waals surface area contributed by atoms with E-state index in [1.165, 1.54) is 0 Å². The molecule has 1 aliphatic rings. The van der Waals surface area contributed by atoms with Crippen molar-refractivity contribution in [3.05, 3.63) is 66.4 Å². The quantitative estimate of drug-likeness (QED) is 0.790. The van der Waals surface area contributed by atoms with Crippen molar-refractivity contribution >= 4 is 28.2 Å². The maximum absolute atomic E-state index is 12.6. The number of likely N-dealkylation sites (N-methyl/N-ethyl adjacent to an activating group) is 1. The number of para-hydroxylation sites is 1. The number of carbonyl (C=O) groups excluding carboxylic acids is 1. The van der Waals surface area contributed by atoms with Crippen molar-refractivity contribution in [3.8, 4) is 0 Å². The van der Waals surface area contributed by atoms with E-state index < -0.39 is 0 Å². The molecule has 3 aromatic rings. The molecular weight excluding hydrogens is 324 g/mol. The van der Waals surface area contributed by atoms with E-state index in [2.05, 4.69) is 28.3 Å². The van der Waals surface area contributed by atoms with Crippen LogP contribution in [0.3, 0.4) is 0 Å². The van der Waals surface area contributed by atoms with Crippen LogP contribution in [0.15, 0.2) is 60.8 Å². The Labute approximate surface area is 153 Å². The molecule has 0 saturated carbocycles. The second-order valence-electron chi connectivity index (χ2n) is 6.67. The first kappa shape index (κ1) is 16.5. The number of anilines is 2. The number of hydrogen-bond acceptors (Lipinski definition) is 4. The fraction of sp³-hybridized carbons (Fsp3) is 0.238. The molecule has 1 aliphatic heterocycles. The molecule has 0 atom stereocenters. The van der Waals surface area contributed by atoms with Crippen LogP contribution in [0.4, 0.5) is 11.4 Å². The zero-order valence-corrected chi connectivity index (χ0v) is 14.9. The van der Waals surface area contributed by atoms with E-state index in [9.17, 15) is 4.79 Å². The van der Waals surface area contributed by atoms with Crippen LogP contribution >= 0.6 is 0 Å². The van der Waals surface area contributed by atoms with Gasteiger partial charge < -0.3 is 15.1 Å². The number of nitrogens with zero attached hydrogens (tertiary/aromatic N) is 3. The van der Waals surface area contributed by atoms with Crippen molar-refractivity contribution in [1.82, 2.24) is 14.8 Å². The lowest BCUT2D eigenvalue weighted by Gasteiger charge is -2.32. The predicted molar refractivity (Wildman–Crippen MR) is 105 cm³/mol. The van der Waals surface area contributed by atoms with Crippen molar-refractivity contribution in [2.75, 3.05) is 38.5 Å². The summed E-state index contributed by atoms with van der Waals surface area (Å²) in [5.74, 6) is 0.110. The van der Waals surface area contributed by atoms with Gasteiger partial charge in [0.1, 0.15) is 0 Å². The molecule has 5 nitrogen and oxygen atoms in total. The molecule has 2 aromatic carbocycles. The monoisotopic (exact) mass is 346 g/mol. The Kier molecular flexibility index (Phi) is 4.54. The van der Waals surface area contributed by atoms with Crippen molar-refractivity contribution in [2.45, 2.75) is 0 Å². The summed E-state index contributed by atoms with van der Waals surface area (Å²) in [6.07, 6.45) is 1.80. The lowest BCUT2D eigenvalue weighted by atomic mass is 10.1. The SMILES string of the molecule is CN1CCN(C(=O)c2ccc(Nc3ccnc4ccccc34)cc2)CC1. The maximum atomic E-state index is 12.6. The standard InChI is InChI=1S/C21H22N4O/c1-24-12-14-25(15-13-24)21(26)16-6-8-17(9-7-16)23-20-10-11-22-19-5-3-2-4-18(19)20/h2-11H,12-15H2,1H3,(H,22,23). The third-order valence-electron chi connectivity index (χ3n) is 4.85. The number of pyridine rings is 1. The topological polar surface area (TPSA) is 48.5 Å². The van der Waals surface area contributed by atoms with Crippen molar-refractivity contribution in [3.63, 3.8) is 0 Å². The number of carbonyl (C=O) groups is 1. The molecule has 2 heterocycles. The molecule has 26 heavy (non-hydrogen) atoms. The minimum Gasteiger partial charge on any atom is -0.355 e. The molecule has 4 rings (SSSR count). The number of fused-ring (bicyclic) bond motifs is 1. The Bertz CT molecular complexity index is 909. The minimum atomic E-state index is 0.110. The van der Waals surface area contributed by atoms with Crippen molar-refractivity contribution in [1.29, 1.82) is 0 Å². The molecule has 0 unspecified atom stereocenters. The molecular formula is C21H22N4O. The molecule has 1 fully saturated rings. The van der Waals surface area contributed by atoms with Crippen LogP contribution in [-0.4, -0.2) is 53.9 Å². The van der Waals surface area contributed by atoms with E-state index in [4.69, 9.17) is 0 Å². The van der Waals surface area contributed by atoms with Crippen LogP contribution in [0.5, 0.6) is 0 Å². The number of nitrogens with one attached hydrogen (secondary N) is 1. The average Bonchev–Trinajstić information content (AvgIpc) is 2.69. The van der Waals surface area contributed by atoms with Crippen LogP contribution in [-0.2, 0) is 0 Å². The molecule has 0 aliphatic carbocycles. The highest BCUT2D eigenvalue weighted by atomic mass is 16.2. The third-order valence-corrected chi connectivity index (χ3v) is 4.85. The fourth-order valence-corrected chi connectivity index (χ4v) is 3.25. The van der Waals surface area contributed by atoms with E-state index in [0.717, 1.165) is 54.0 Å². The molecule has 0 spiro atoms. The van der Waals surface area contributed by atoms with Crippen LogP contribution in [0.25, 0.3) is 10.9 Å².